The summed E-state index contributed by atoms with van der Waals surface area (Å²) >= 11 is 0. The van der Waals surface area contributed by atoms with Gasteiger partial charge >= 0.3 is 5.97 Å². The molecule has 0 heterocycles. The lowest BCUT2D eigenvalue weighted by molar-refractivity contribution is -0.142. The highest BCUT2D eigenvalue weighted by Crippen LogP contribution is 2.36. The molecule has 0 aliphatic rings. The summed E-state index contributed by atoms with van der Waals surface area (Å²) < 4.78 is 6.01. The molecule has 0 fully saturated rings. The molecule has 1 aromatic carbocycles. The maximum atomic E-state index is 12.0. The molecule has 1 atom stereocenters. The van der Waals surface area contributed by atoms with E-state index in [9.17, 15) is 14.7 Å². The van der Waals surface area contributed by atoms with E-state index >= 15 is 0 Å². The number of carbonyl (C=O) groups excluding carboxylic acids is 1. The largest absolute Gasteiger partial charge is 0.480 e. The van der Waals surface area contributed by atoms with Gasteiger partial charge in [0, 0.05) is 19.4 Å². The van der Waals surface area contributed by atoms with Crippen molar-refractivity contribution in [3.05, 3.63) is 35.9 Å². The smallest absolute Gasteiger partial charge is 0.326 e. The third kappa shape index (κ3) is 7.40. The topological polar surface area (TPSA) is 75.6 Å². The second-order valence-corrected chi connectivity index (χ2v) is 12.7. The number of amides is 1. The van der Waals surface area contributed by atoms with Crippen molar-refractivity contribution in [2.75, 3.05) is 6.61 Å². The predicted molar refractivity (Wildman–Crippen MR) is 102 cm³/mol. The highest BCUT2D eigenvalue weighted by atomic mass is 28.4. The molecule has 2 N–H and O–H groups in total. The van der Waals surface area contributed by atoms with E-state index in [1.54, 1.807) is 0 Å². The van der Waals surface area contributed by atoms with Crippen LogP contribution in [-0.4, -0.2) is 37.9 Å². The zero-order valence-corrected chi connectivity index (χ0v) is 17.0. The van der Waals surface area contributed by atoms with Gasteiger partial charge in [-0.25, -0.2) is 4.79 Å². The Bertz CT molecular complexity index is 567. The third-order valence-corrected chi connectivity index (χ3v) is 9.33. The molecule has 140 valence electrons. The number of carbonyl (C=O) groups is 2. The van der Waals surface area contributed by atoms with E-state index in [0.29, 0.717) is 13.0 Å². The summed E-state index contributed by atoms with van der Waals surface area (Å²) in [6.07, 6.45) is 1.15. The van der Waals surface area contributed by atoms with Gasteiger partial charge in [0.1, 0.15) is 6.04 Å². The fraction of sp³-hybridized carbons (Fsp3) is 0.579. The van der Waals surface area contributed by atoms with Crippen molar-refractivity contribution in [1.29, 1.82) is 0 Å². The molecule has 1 amide bonds. The Morgan fingerprint density at radius 1 is 1.20 bits per heavy atom. The van der Waals surface area contributed by atoms with Gasteiger partial charge in [-0.2, -0.15) is 0 Å². The van der Waals surface area contributed by atoms with Gasteiger partial charge in [-0.3, -0.25) is 4.79 Å². The van der Waals surface area contributed by atoms with Gasteiger partial charge in [-0.05, 0) is 30.1 Å². The average Bonchev–Trinajstić information content (AvgIpc) is 2.51. The SMILES string of the molecule is CC(C)(C)[Si](C)(C)OCC[C@H](NC(=O)CCc1ccccc1)C(=O)O. The van der Waals surface area contributed by atoms with Crippen molar-refractivity contribution >= 4 is 20.2 Å². The summed E-state index contributed by atoms with van der Waals surface area (Å²) in [5.41, 5.74) is 1.06. The highest BCUT2D eigenvalue weighted by Gasteiger charge is 2.37. The Balaban J connectivity index is 2.46. The van der Waals surface area contributed by atoms with Gasteiger partial charge in [0.25, 0.3) is 0 Å². The standard InChI is InChI=1S/C19H31NO4Si/c1-19(2,3)25(4,5)24-14-13-16(18(22)23)20-17(21)12-11-15-9-7-6-8-10-15/h6-10,16H,11-14H2,1-5H3,(H,20,21)(H,22,23)/t16-/m0/s1. The molecule has 0 bridgehead atoms. The third-order valence-electron chi connectivity index (χ3n) is 4.79. The van der Waals surface area contributed by atoms with Crippen molar-refractivity contribution in [2.24, 2.45) is 0 Å². The lowest BCUT2D eigenvalue weighted by Gasteiger charge is -2.36. The summed E-state index contributed by atoms with van der Waals surface area (Å²) in [6.45, 7) is 11.0. The fourth-order valence-corrected chi connectivity index (χ4v) is 3.14. The van der Waals surface area contributed by atoms with Crippen LogP contribution in [0, 0.1) is 0 Å². The number of carboxylic acids is 1. The van der Waals surface area contributed by atoms with Crippen LogP contribution in [0.1, 0.15) is 39.2 Å². The van der Waals surface area contributed by atoms with E-state index in [1.807, 2.05) is 30.3 Å². The lowest BCUT2D eigenvalue weighted by Crippen LogP contribution is -2.44. The number of benzene rings is 1. The second kappa shape index (κ2) is 9.15. The van der Waals surface area contributed by atoms with Crippen LogP contribution in [0.4, 0.5) is 0 Å². The van der Waals surface area contributed by atoms with Crippen molar-refractivity contribution in [3.8, 4) is 0 Å². The monoisotopic (exact) mass is 365 g/mol. The Labute approximate surface area is 151 Å². The van der Waals surface area contributed by atoms with Crippen LogP contribution in [0.5, 0.6) is 0 Å². The number of hydrogen-bond donors (Lipinski definition) is 2. The molecular weight excluding hydrogens is 334 g/mol. The van der Waals surface area contributed by atoms with E-state index < -0.39 is 20.3 Å². The Morgan fingerprint density at radius 3 is 2.32 bits per heavy atom. The molecule has 25 heavy (non-hydrogen) atoms. The van der Waals surface area contributed by atoms with Crippen LogP contribution < -0.4 is 5.32 Å². The number of aliphatic carboxylic acids is 1. The van der Waals surface area contributed by atoms with Gasteiger partial charge in [0.05, 0.1) is 0 Å². The molecule has 1 aromatic rings. The van der Waals surface area contributed by atoms with E-state index in [2.05, 4.69) is 39.2 Å². The van der Waals surface area contributed by atoms with Crippen LogP contribution in [0.25, 0.3) is 0 Å². The molecule has 0 saturated carbocycles. The van der Waals surface area contributed by atoms with E-state index in [0.717, 1.165) is 5.56 Å². The van der Waals surface area contributed by atoms with Crippen LogP contribution in [0.2, 0.25) is 18.1 Å². The first kappa shape index (κ1) is 21.4. The number of rotatable bonds is 9. The zero-order valence-electron chi connectivity index (χ0n) is 16.0. The minimum atomic E-state index is -1.91. The fourth-order valence-electron chi connectivity index (χ4n) is 2.07. The van der Waals surface area contributed by atoms with Gasteiger partial charge < -0.3 is 14.8 Å². The average molecular weight is 366 g/mol. The maximum absolute atomic E-state index is 12.0. The zero-order chi connectivity index (χ0) is 19.1. The van der Waals surface area contributed by atoms with Gasteiger partial charge in [-0.1, -0.05) is 51.1 Å². The van der Waals surface area contributed by atoms with Gasteiger partial charge in [0.2, 0.25) is 5.91 Å². The van der Waals surface area contributed by atoms with Crippen molar-refractivity contribution < 1.29 is 19.1 Å². The van der Waals surface area contributed by atoms with Crippen LogP contribution in [-0.2, 0) is 20.4 Å². The molecule has 1 rings (SSSR count). The molecule has 0 aliphatic heterocycles. The van der Waals surface area contributed by atoms with Crippen LogP contribution >= 0.6 is 0 Å². The predicted octanol–water partition coefficient (Wildman–Crippen LogP) is 3.60. The summed E-state index contributed by atoms with van der Waals surface area (Å²) in [5.74, 6) is -1.27. The van der Waals surface area contributed by atoms with E-state index in [1.165, 1.54) is 0 Å². The molecule has 0 spiro atoms. The quantitative estimate of drug-likeness (QED) is 0.656. The number of aryl methyl sites for hydroxylation is 1. The molecule has 5 nitrogen and oxygen atoms in total. The van der Waals surface area contributed by atoms with Crippen molar-refractivity contribution in [3.63, 3.8) is 0 Å². The number of carboxylic acid groups (broad SMARTS) is 1. The normalized spacial score (nSPS) is 13.3. The Morgan fingerprint density at radius 2 is 1.80 bits per heavy atom. The Hall–Kier alpha value is -1.66. The maximum Gasteiger partial charge on any atom is 0.326 e. The van der Waals surface area contributed by atoms with Crippen molar-refractivity contribution in [1.82, 2.24) is 5.32 Å². The molecule has 0 aliphatic carbocycles. The van der Waals surface area contributed by atoms with Gasteiger partial charge in [0.15, 0.2) is 8.32 Å². The first-order valence-electron chi connectivity index (χ1n) is 8.73. The highest BCUT2D eigenvalue weighted by molar-refractivity contribution is 6.74. The molecule has 0 aromatic heterocycles. The molecule has 0 unspecified atom stereocenters. The lowest BCUT2D eigenvalue weighted by atomic mass is 10.1. The molecular formula is C19H31NO4Si. The first-order valence-corrected chi connectivity index (χ1v) is 11.6. The summed E-state index contributed by atoms with van der Waals surface area (Å²) in [5, 5.41) is 12.0. The Kier molecular flexibility index (Phi) is 7.83. The van der Waals surface area contributed by atoms with Gasteiger partial charge in [-0.15, -0.1) is 0 Å². The summed E-state index contributed by atoms with van der Waals surface area (Å²) in [4.78, 5) is 23.4. The number of hydrogen-bond acceptors (Lipinski definition) is 3. The molecule has 0 radical (unpaired) electrons. The van der Waals surface area contributed by atoms with Crippen LogP contribution in [0.15, 0.2) is 30.3 Å². The molecule has 0 saturated heterocycles. The summed E-state index contributed by atoms with van der Waals surface area (Å²) in [6, 6.07) is 8.76. The second-order valence-electron chi connectivity index (χ2n) is 7.84. The number of nitrogens with one attached hydrogen (secondary N) is 1. The summed E-state index contributed by atoms with van der Waals surface area (Å²) in [7, 11) is -1.91. The van der Waals surface area contributed by atoms with E-state index in [-0.39, 0.29) is 23.8 Å². The minimum Gasteiger partial charge on any atom is -0.480 e. The molecule has 6 heteroatoms. The first-order chi connectivity index (χ1) is 11.5. The van der Waals surface area contributed by atoms with Crippen LogP contribution in [0.3, 0.4) is 0 Å². The van der Waals surface area contributed by atoms with E-state index in [4.69, 9.17) is 4.43 Å². The van der Waals surface area contributed by atoms with Crippen molar-refractivity contribution in [2.45, 2.75) is 64.2 Å². The minimum absolute atomic E-state index is 0.0741.